The SMILES string of the molecule is COc1ccc(Cl)cc1C(=O)C(C#N)C(=O)Nc1ccc(F)cc1. The second-order valence-electron chi connectivity index (χ2n) is 4.77. The van der Waals surface area contributed by atoms with E-state index in [4.69, 9.17) is 16.3 Å². The Balaban J connectivity index is 2.26. The monoisotopic (exact) mass is 346 g/mol. The van der Waals surface area contributed by atoms with Crippen molar-refractivity contribution < 1.29 is 18.7 Å². The summed E-state index contributed by atoms with van der Waals surface area (Å²) in [5.41, 5.74) is 0.304. The van der Waals surface area contributed by atoms with Gasteiger partial charge in [-0.2, -0.15) is 5.26 Å². The van der Waals surface area contributed by atoms with Gasteiger partial charge in [-0.3, -0.25) is 9.59 Å². The largest absolute Gasteiger partial charge is 0.496 e. The zero-order valence-electron chi connectivity index (χ0n) is 12.5. The number of ketones is 1. The molecular formula is C17H12ClFN2O3. The Hall–Kier alpha value is -2.91. The summed E-state index contributed by atoms with van der Waals surface area (Å²) in [5, 5.41) is 11.9. The number of hydrogen-bond acceptors (Lipinski definition) is 4. The third-order valence-electron chi connectivity index (χ3n) is 3.19. The minimum Gasteiger partial charge on any atom is -0.496 e. The van der Waals surface area contributed by atoms with Crippen LogP contribution in [0.25, 0.3) is 0 Å². The Kier molecular flexibility index (Phi) is 5.51. The van der Waals surface area contributed by atoms with E-state index < -0.39 is 23.4 Å². The van der Waals surface area contributed by atoms with Crippen molar-refractivity contribution in [3.05, 3.63) is 58.9 Å². The van der Waals surface area contributed by atoms with Crippen LogP contribution in [0.2, 0.25) is 5.02 Å². The van der Waals surface area contributed by atoms with E-state index in [0.29, 0.717) is 0 Å². The van der Waals surface area contributed by atoms with Gasteiger partial charge in [0.1, 0.15) is 11.6 Å². The van der Waals surface area contributed by atoms with Gasteiger partial charge in [-0.05, 0) is 42.5 Å². The molecule has 0 aliphatic heterocycles. The number of amides is 1. The topological polar surface area (TPSA) is 79.2 Å². The fourth-order valence-electron chi connectivity index (χ4n) is 2.01. The van der Waals surface area contributed by atoms with Crippen LogP contribution in [0.1, 0.15) is 10.4 Å². The lowest BCUT2D eigenvalue weighted by Gasteiger charge is -2.12. The summed E-state index contributed by atoms with van der Waals surface area (Å²) in [6.45, 7) is 0. The van der Waals surface area contributed by atoms with Crippen LogP contribution in [-0.4, -0.2) is 18.8 Å². The maximum Gasteiger partial charge on any atom is 0.249 e. The van der Waals surface area contributed by atoms with E-state index in [1.165, 1.54) is 37.4 Å². The molecule has 1 atom stereocenters. The second-order valence-corrected chi connectivity index (χ2v) is 5.20. The van der Waals surface area contributed by atoms with E-state index in [9.17, 15) is 19.2 Å². The molecule has 0 heterocycles. The molecule has 24 heavy (non-hydrogen) atoms. The fourth-order valence-corrected chi connectivity index (χ4v) is 2.18. The highest BCUT2D eigenvalue weighted by atomic mass is 35.5. The first-order chi connectivity index (χ1) is 11.5. The molecule has 0 saturated carbocycles. The lowest BCUT2D eigenvalue weighted by Crippen LogP contribution is -2.29. The molecule has 1 N–H and O–H groups in total. The minimum atomic E-state index is -1.59. The number of nitriles is 1. The van der Waals surface area contributed by atoms with Gasteiger partial charge in [0.05, 0.1) is 18.7 Å². The third kappa shape index (κ3) is 3.89. The number of rotatable bonds is 5. The second kappa shape index (κ2) is 7.57. The standard InChI is InChI=1S/C17H12ClFN2O3/c1-24-15-7-2-10(18)8-13(15)16(22)14(9-20)17(23)21-12-5-3-11(19)4-6-12/h2-8,14H,1H3,(H,21,23). The van der Waals surface area contributed by atoms with Crippen LogP contribution in [-0.2, 0) is 4.79 Å². The summed E-state index contributed by atoms with van der Waals surface area (Å²) in [6.07, 6.45) is 0. The predicted molar refractivity (Wildman–Crippen MR) is 86.5 cm³/mol. The van der Waals surface area contributed by atoms with Gasteiger partial charge in [0.2, 0.25) is 5.91 Å². The van der Waals surface area contributed by atoms with Crippen LogP contribution in [0.15, 0.2) is 42.5 Å². The first-order valence-electron chi connectivity index (χ1n) is 6.80. The number of ether oxygens (including phenoxy) is 1. The van der Waals surface area contributed by atoms with E-state index in [0.717, 1.165) is 12.1 Å². The zero-order valence-corrected chi connectivity index (χ0v) is 13.3. The van der Waals surface area contributed by atoms with Gasteiger partial charge in [-0.1, -0.05) is 11.6 Å². The fraction of sp³-hybridized carbons (Fsp3) is 0.118. The first-order valence-corrected chi connectivity index (χ1v) is 7.18. The Morgan fingerprint density at radius 3 is 2.50 bits per heavy atom. The van der Waals surface area contributed by atoms with Crippen molar-refractivity contribution in [3.8, 4) is 11.8 Å². The maximum atomic E-state index is 12.9. The number of anilines is 1. The van der Waals surface area contributed by atoms with Crippen LogP contribution in [0, 0.1) is 23.1 Å². The zero-order chi connectivity index (χ0) is 17.7. The molecule has 0 radical (unpaired) electrons. The highest BCUT2D eigenvalue weighted by Gasteiger charge is 2.30. The van der Waals surface area contributed by atoms with Crippen LogP contribution in [0.3, 0.4) is 0 Å². The summed E-state index contributed by atoms with van der Waals surface area (Å²) in [5.74, 6) is -3.42. The highest BCUT2D eigenvalue weighted by Crippen LogP contribution is 2.25. The van der Waals surface area contributed by atoms with E-state index in [2.05, 4.69) is 5.32 Å². The van der Waals surface area contributed by atoms with Crippen molar-refractivity contribution in [2.24, 2.45) is 5.92 Å². The Morgan fingerprint density at radius 2 is 1.92 bits per heavy atom. The summed E-state index contributed by atoms with van der Waals surface area (Å²) in [4.78, 5) is 24.7. The maximum absolute atomic E-state index is 12.9. The van der Waals surface area contributed by atoms with E-state index >= 15 is 0 Å². The van der Waals surface area contributed by atoms with Gasteiger partial charge in [0, 0.05) is 10.7 Å². The summed E-state index contributed by atoms with van der Waals surface area (Å²) < 4.78 is 17.9. The van der Waals surface area contributed by atoms with Gasteiger partial charge in [0.15, 0.2) is 11.7 Å². The number of hydrogen-bond donors (Lipinski definition) is 1. The molecule has 5 nitrogen and oxygen atoms in total. The molecule has 2 aromatic rings. The van der Waals surface area contributed by atoms with E-state index in [-0.39, 0.29) is 22.0 Å². The number of nitrogens with zero attached hydrogens (tertiary/aromatic N) is 1. The van der Waals surface area contributed by atoms with E-state index in [1.54, 1.807) is 6.07 Å². The molecule has 0 fully saturated rings. The van der Waals surface area contributed by atoms with Crippen LogP contribution in [0.4, 0.5) is 10.1 Å². The molecule has 7 heteroatoms. The molecule has 0 saturated heterocycles. The molecule has 0 aliphatic rings. The Bertz CT molecular complexity index is 816. The van der Waals surface area contributed by atoms with Crippen molar-refractivity contribution in [3.63, 3.8) is 0 Å². The number of nitrogens with one attached hydrogen (secondary N) is 1. The molecule has 1 amide bonds. The average molecular weight is 347 g/mol. The number of carbonyl (C=O) groups is 2. The Labute approximate surface area is 142 Å². The summed E-state index contributed by atoms with van der Waals surface area (Å²) in [7, 11) is 1.36. The van der Waals surface area contributed by atoms with Crippen molar-refractivity contribution in [1.29, 1.82) is 5.26 Å². The van der Waals surface area contributed by atoms with Crippen molar-refractivity contribution in [2.75, 3.05) is 12.4 Å². The number of methoxy groups -OCH3 is 1. The molecule has 122 valence electrons. The number of carbonyl (C=O) groups excluding carboxylic acids is 2. The molecule has 2 rings (SSSR count). The molecule has 0 spiro atoms. The summed E-state index contributed by atoms with van der Waals surface area (Å²) in [6, 6.07) is 11.0. The molecule has 0 bridgehead atoms. The van der Waals surface area contributed by atoms with Gasteiger partial charge in [0.25, 0.3) is 0 Å². The predicted octanol–water partition coefficient (Wildman–Crippen LogP) is 3.45. The highest BCUT2D eigenvalue weighted by molar-refractivity contribution is 6.31. The molecule has 0 aromatic heterocycles. The minimum absolute atomic E-state index is 0.0332. The van der Waals surface area contributed by atoms with Gasteiger partial charge in [-0.25, -0.2) is 4.39 Å². The number of benzene rings is 2. The van der Waals surface area contributed by atoms with Crippen molar-refractivity contribution in [2.45, 2.75) is 0 Å². The lowest BCUT2D eigenvalue weighted by molar-refractivity contribution is -0.117. The molecular weight excluding hydrogens is 335 g/mol. The number of halogens is 2. The third-order valence-corrected chi connectivity index (χ3v) is 3.43. The van der Waals surface area contributed by atoms with Crippen molar-refractivity contribution in [1.82, 2.24) is 0 Å². The smallest absolute Gasteiger partial charge is 0.249 e. The first kappa shape index (κ1) is 17.4. The molecule has 1 unspecified atom stereocenters. The molecule has 0 aliphatic carbocycles. The van der Waals surface area contributed by atoms with Crippen LogP contribution >= 0.6 is 11.6 Å². The normalized spacial score (nSPS) is 11.2. The van der Waals surface area contributed by atoms with Crippen LogP contribution < -0.4 is 10.1 Å². The van der Waals surface area contributed by atoms with Crippen LogP contribution in [0.5, 0.6) is 5.75 Å². The quantitative estimate of drug-likeness (QED) is 0.664. The van der Waals surface area contributed by atoms with Gasteiger partial charge >= 0.3 is 0 Å². The Morgan fingerprint density at radius 1 is 1.25 bits per heavy atom. The van der Waals surface area contributed by atoms with E-state index in [1.807, 2.05) is 0 Å². The number of Topliss-reactive ketones (excluding diaryl/α,β-unsaturated/α-hetero) is 1. The lowest BCUT2D eigenvalue weighted by atomic mass is 9.97. The van der Waals surface area contributed by atoms with Gasteiger partial charge < -0.3 is 10.1 Å². The van der Waals surface area contributed by atoms with Gasteiger partial charge in [-0.15, -0.1) is 0 Å². The summed E-state index contributed by atoms with van der Waals surface area (Å²) >= 11 is 5.86. The van der Waals surface area contributed by atoms with Crippen molar-refractivity contribution >= 4 is 29.0 Å². The molecule has 2 aromatic carbocycles. The average Bonchev–Trinajstić information content (AvgIpc) is 2.57.